The molecule has 2 fully saturated rings. The van der Waals surface area contributed by atoms with E-state index in [9.17, 15) is 13.2 Å². The van der Waals surface area contributed by atoms with Gasteiger partial charge in [0.25, 0.3) is 0 Å². The lowest BCUT2D eigenvalue weighted by atomic mass is 9.85. The van der Waals surface area contributed by atoms with Gasteiger partial charge in [0.15, 0.2) is 0 Å². The number of piperazine rings is 1. The van der Waals surface area contributed by atoms with Gasteiger partial charge in [0.1, 0.15) is 0 Å². The summed E-state index contributed by atoms with van der Waals surface area (Å²) in [7, 11) is -1.86. The Morgan fingerprint density at radius 1 is 0.968 bits per heavy atom. The second kappa shape index (κ2) is 9.59. The highest BCUT2D eigenvalue weighted by atomic mass is 32.2. The van der Waals surface area contributed by atoms with Gasteiger partial charge < -0.3 is 4.90 Å². The molecule has 6 nitrogen and oxygen atoms in total. The number of carbonyl (C=O) groups is 1. The number of aryl methyl sites for hydroxylation is 3. The van der Waals surface area contributed by atoms with E-state index < -0.39 is 10.0 Å². The van der Waals surface area contributed by atoms with Crippen LogP contribution in [0.2, 0.25) is 0 Å². The Bertz CT molecular complexity index is 874. The lowest BCUT2D eigenvalue weighted by Crippen LogP contribution is -2.52. The van der Waals surface area contributed by atoms with Crippen molar-refractivity contribution in [2.24, 2.45) is 5.92 Å². The van der Waals surface area contributed by atoms with Gasteiger partial charge in [-0.25, -0.2) is 8.42 Å². The average Bonchev–Trinajstić information content (AvgIpc) is 2.72. The Morgan fingerprint density at radius 2 is 1.48 bits per heavy atom. The normalized spacial score (nSPS) is 23.5. The summed E-state index contributed by atoms with van der Waals surface area (Å²) < 4.78 is 28.3. The summed E-state index contributed by atoms with van der Waals surface area (Å²) in [5.41, 5.74) is 2.67. The van der Waals surface area contributed by atoms with E-state index in [0.29, 0.717) is 10.9 Å². The number of hydrogen-bond acceptors (Lipinski definition) is 4. The maximum absolute atomic E-state index is 13.4. The largest absolute Gasteiger partial charge is 0.340 e. The molecule has 1 aliphatic carbocycles. The lowest BCUT2D eigenvalue weighted by Gasteiger charge is -2.40. The van der Waals surface area contributed by atoms with Gasteiger partial charge in [0, 0.05) is 51.2 Å². The minimum Gasteiger partial charge on any atom is -0.340 e. The quantitative estimate of drug-likeness (QED) is 0.692. The number of sulfonamides is 1. The minimum absolute atomic E-state index is 0.0285. The molecule has 0 aromatic heterocycles. The van der Waals surface area contributed by atoms with Crippen LogP contribution in [-0.4, -0.2) is 73.7 Å². The van der Waals surface area contributed by atoms with Crippen molar-refractivity contribution in [2.45, 2.75) is 77.3 Å². The van der Waals surface area contributed by atoms with Crippen LogP contribution in [0.15, 0.2) is 17.0 Å². The highest BCUT2D eigenvalue weighted by Gasteiger charge is 2.36. The van der Waals surface area contributed by atoms with Crippen LogP contribution in [0.25, 0.3) is 0 Å². The van der Waals surface area contributed by atoms with E-state index in [0.717, 1.165) is 68.6 Å². The summed E-state index contributed by atoms with van der Waals surface area (Å²) >= 11 is 0. The standard InChI is InChI=1S/C24H39N3O3S/c1-17(2)26-11-13-27(14-12-26)24(28)21-7-9-22(10-8-21)25(6)31(29,30)23-19(4)15-18(3)16-20(23)5/h15-17,21-22H,7-14H2,1-6H3. The Kier molecular flexibility index (Phi) is 7.49. The van der Waals surface area contributed by atoms with Crippen molar-refractivity contribution in [1.82, 2.24) is 14.1 Å². The van der Waals surface area contributed by atoms with Gasteiger partial charge in [0.05, 0.1) is 4.90 Å². The predicted molar refractivity (Wildman–Crippen MR) is 125 cm³/mol. The zero-order chi connectivity index (χ0) is 22.9. The fourth-order valence-corrected chi connectivity index (χ4v) is 7.14. The number of hydrogen-bond donors (Lipinski definition) is 0. The first-order valence-corrected chi connectivity index (χ1v) is 13.0. The molecule has 1 amide bonds. The van der Waals surface area contributed by atoms with E-state index in [2.05, 4.69) is 18.7 Å². The van der Waals surface area contributed by atoms with Gasteiger partial charge in [-0.15, -0.1) is 0 Å². The van der Waals surface area contributed by atoms with Gasteiger partial charge in [-0.2, -0.15) is 4.31 Å². The molecular weight excluding hydrogens is 410 g/mol. The predicted octanol–water partition coefficient (Wildman–Crippen LogP) is 3.34. The summed E-state index contributed by atoms with van der Waals surface area (Å²) in [6, 6.07) is 4.34. The van der Waals surface area contributed by atoms with Crippen molar-refractivity contribution in [2.75, 3.05) is 33.2 Å². The molecule has 1 heterocycles. The molecule has 1 saturated carbocycles. The molecule has 31 heavy (non-hydrogen) atoms. The molecular formula is C24H39N3O3S. The summed E-state index contributed by atoms with van der Waals surface area (Å²) in [6.07, 6.45) is 3.00. The molecule has 0 radical (unpaired) electrons. The third-order valence-corrected chi connectivity index (χ3v) is 9.37. The van der Waals surface area contributed by atoms with Gasteiger partial charge in [-0.1, -0.05) is 17.7 Å². The molecule has 0 atom stereocenters. The summed E-state index contributed by atoms with van der Waals surface area (Å²) in [6.45, 7) is 13.6. The first-order valence-electron chi connectivity index (χ1n) is 11.6. The summed E-state index contributed by atoms with van der Waals surface area (Å²) in [5, 5.41) is 0. The Balaban J connectivity index is 1.61. The van der Waals surface area contributed by atoms with Crippen LogP contribution in [0, 0.1) is 26.7 Å². The zero-order valence-electron chi connectivity index (χ0n) is 20.0. The SMILES string of the molecule is Cc1cc(C)c(S(=O)(=O)N(C)C2CCC(C(=O)N3CCN(C(C)C)CC3)CC2)c(C)c1. The summed E-state index contributed by atoms with van der Waals surface area (Å²) in [5.74, 6) is 0.290. The number of carbonyl (C=O) groups excluding carboxylic acids is 1. The van der Waals surface area contributed by atoms with E-state index in [1.54, 1.807) is 11.4 Å². The smallest absolute Gasteiger partial charge is 0.243 e. The number of rotatable bonds is 5. The molecule has 2 aliphatic rings. The molecule has 174 valence electrons. The monoisotopic (exact) mass is 449 g/mol. The number of amides is 1. The molecule has 1 aromatic carbocycles. The van der Waals surface area contributed by atoms with Crippen molar-refractivity contribution < 1.29 is 13.2 Å². The molecule has 0 N–H and O–H groups in total. The highest BCUT2D eigenvalue weighted by Crippen LogP contribution is 2.33. The van der Waals surface area contributed by atoms with Crippen LogP contribution >= 0.6 is 0 Å². The van der Waals surface area contributed by atoms with Crippen molar-refractivity contribution >= 4 is 15.9 Å². The van der Waals surface area contributed by atoms with E-state index in [1.165, 1.54) is 0 Å². The van der Waals surface area contributed by atoms with Crippen LogP contribution in [0.1, 0.15) is 56.2 Å². The van der Waals surface area contributed by atoms with E-state index >= 15 is 0 Å². The van der Waals surface area contributed by atoms with E-state index in [4.69, 9.17) is 0 Å². The topological polar surface area (TPSA) is 60.9 Å². The Labute approximate surface area is 188 Å². The van der Waals surface area contributed by atoms with Crippen molar-refractivity contribution in [3.63, 3.8) is 0 Å². The van der Waals surface area contributed by atoms with Crippen molar-refractivity contribution in [3.8, 4) is 0 Å². The van der Waals surface area contributed by atoms with Crippen LogP contribution in [0.4, 0.5) is 0 Å². The molecule has 0 unspecified atom stereocenters. The molecule has 7 heteroatoms. The van der Waals surface area contributed by atoms with Crippen LogP contribution < -0.4 is 0 Å². The number of benzene rings is 1. The fraction of sp³-hybridized carbons (Fsp3) is 0.708. The van der Waals surface area contributed by atoms with Gasteiger partial charge in [0.2, 0.25) is 15.9 Å². The van der Waals surface area contributed by atoms with E-state index in [-0.39, 0.29) is 17.9 Å². The molecule has 1 aliphatic heterocycles. The van der Waals surface area contributed by atoms with Crippen LogP contribution in [0.5, 0.6) is 0 Å². The molecule has 0 bridgehead atoms. The zero-order valence-corrected chi connectivity index (χ0v) is 20.8. The van der Waals surface area contributed by atoms with Gasteiger partial charge in [-0.3, -0.25) is 9.69 Å². The van der Waals surface area contributed by atoms with Crippen LogP contribution in [0.3, 0.4) is 0 Å². The lowest BCUT2D eigenvalue weighted by molar-refractivity contribution is -0.138. The second-order valence-electron chi connectivity index (χ2n) is 9.71. The maximum Gasteiger partial charge on any atom is 0.243 e. The molecule has 0 spiro atoms. The molecule has 1 saturated heterocycles. The first-order chi connectivity index (χ1) is 14.5. The summed E-state index contributed by atoms with van der Waals surface area (Å²) in [4.78, 5) is 17.9. The minimum atomic E-state index is -3.56. The molecule has 1 aromatic rings. The third kappa shape index (κ3) is 5.15. The molecule has 3 rings (SSSR count). The van der Waals surface area contributed by atoms with Crippen LogP contribution in [-0.2, 0) is 14.8 Å². The van der Waals surface area contributed by atoms with Crippen molar-refractivity contribution in [1.29, 1.82) is 0 Å². The maximum atomic E-state index is 13.4. The average molecular weight is 450 g/mol. The first kappa shape index (κ1) is 24.2. The van der Waals surface area contributed by atoms with Gasteiger partial charge in [-0.05, 0) is 71.4 Å². The third-order valence-electron chi connectivity index (χ3n) is 7.16. The van der Waals surface area contributed by atoms with Gasteiger partial charge >= 0.3 is 0 Å². The van der Waals surface area contributed by atoms with E-state index in [1.807, 2.05) is 37.8 Å². The highest BCUT2D eigenvalue weighted by molar-refractivity contribution is 7.89. The Morgan fingerprint density at radius 3 is 1.97 bits per heavy atom. The fourth-order valence-electron chi connectivity index (χ4n) is 5.32. The van der Waals surface area contributed by atoms with Crippen molar-refractivity contribution in [3.05, 3.63) is 28.8 Å². The number of nitrogens with zero attached hydrogens (tertiary/aromatic N) is 3. The Hall–Kier alpha value is -1.44. The second-order valence-corrected chi connectivity index (χ2v) is 11.6.